The number of fused-ring (bicyclic) bond motifs is 2. The molecule has 2 aliphatic heterocycles. The Morgan fingerprint density at radius 1 is 1.23 bits per heavy atom. The molecule has 1 N–H and O–H groups in total. The average Bonchev–Trinajstić information content (AvgIpc) is 3.33. The Morgan fingerprint density at radius 3 is 2.73 bits per heavy atom. The van der Waals surface area contributed by atoms with Gasteiger partial charge in [0.05, 0.1) is 11.7 Å². The Morgan fingerprint density at radius 2 is 1.96 bits per heavy atom. The molecule has 1 fully saturated rings. The van der Waals surface area contributed by atoms with Crippen LogP contribution in [0.15, 0.2) is 12.1 Å². The summed E-state index contributed by atoms with van der Waals surface area (Å²) in [6, 6.07) is 4.05. The molecule has 0 saturated heterocycles. The number of ether oxygens (including phenoxy) is 2. The molecular formula is C19H20ClN3O3. The van der Waals surface area contributed by atoms with Gasteiger partial charge in [-0.2, -0.15) is 5.10 Å². The number of hydrogen-bond donors (Lipinski definition) is 1. The van der Waals surface area contributed by atoms with Crippen LogP contribution in [-0.2, 0) is 4.79 Å². The maximum absolute atomic E-state index is 12.5. The number of aryl methyl sites for hydroxylation is 1. The molecule has 136 valence electrons. The molecule has 1 aliphatic carbocycles. The largest absolute Gasteiger partial charge is 0.454 e. The number of nitrogens with zero attached hydrogens (tertiary/aromatic N) is 2. The zero-order valence-corrected chi connectivity index (χ0v) is 15.3. The first-order chi connectivity index (χ1) is 12.6. The first-order valence-corrected chi connectivity index (χ1v) is 9.47. The molecule has 5 rings (SSSR count). The van der Waals surface area contributed by atoms with E-state index in [4.69, 9.17) is 26.2 Å². The summed E-state index contributed by atoms with van der Waals surface area (Å²) in [4.78, 5) is 12.5. The van der Waals surface area contributed by atoms with E-state index in [2.05, 4.69) is 5.32 Å². The van der Waals surface area contributed by atoms with Crippen LogP contribution in [0.5, 0.6) is 11.5 Å². The molecule has 1 saturated carbocycles. The Labute approximate surface area is 156 Å². The van der Waals surface area contributed by atoms with E-state index in [1.54, 1.807) is 6.07 Å². The Bertz CT molecular complexity index is 902. The van der Waals surface area contributed by atoms with Crippen LogP contribution in [0.25, 0.3) is 0 Å². The van der Waals surface area contributed by atoms with Crippen LogP contribution in [0.4, 0.5) is 5.82 Å². The lowest BCUT2D eigenvalue weighted by Gasteiger charge is -2.26. The molecule has 7 heteroatoms. The molecule has 6 nitrogen and oxygen atoms in total. The SMILES string of the molecule is Cc1nn(C2CCCC2)c2c1C(c1cc3c(cc1Cl)OCO3)CC(=O)N2. The van der Waals surface area contributed by atoms with E-state index in [-0.39, 0.29) is 18.6 Å². The summed E-state index contributed by atoms with van der Waals surface area (Å²) in [7, 11) is 0. The van der Waals surface area contributed by atoms with Gasteiger partial charge < -0.3 is 14.8 Å². The van der Waals surface area contributed by atoms with E-state index in [0.717, 1.165) is 35.5 Å². The highest BCUT2D eigenvalue weighted by Crippen LogP contribution is 2.47. The number of aromatic nitrogens is 2. The van der Waals surface area contributed by atoms with Gasteiger partial charge in [0, 0.05) is 29.0 Å². The van der Waals surface area contributed by atoms with Gasteiger partial charge in [0.2, 0.25) is 12.7 Å². The molecule has 0 radical (unpaired) electrons. The normalized spacial score (nSPS) is 21.8. The maximum atomic E-state index is 12.5. The fourth-order valence-corrected chi connectivity index (χ4v) is 4.74. The molecule has 0 spiro atoms. The highest BCUT2D eigenvalue weighted by atomic mass is 35.5. The van der Waals surface area contributed by atoms with Gasteiger partial charge in [0.25, 0.3) is 0 Å². The van der Waals surface area contributed by atoms with Crippen molar-refractivity contribution in [2.45, 2.75) is 51.0 Å². The van der Waals surface area contributed by atoms with Crippen molar-refractivity contribution in [1.82, 2.24) is 9.78 Å². The second kappa shape index (κ2) is 5.91. The van der Waals surface area contributed by atoms with Crippen LogP contribution < -0.4 is 14.8 Å². The zero-order valence-electron chi connectivity index (χ0n) is 14.5. The number of nitrogens with one attached hydrogen (secondary N) is 1. The number of amides is 1. The lowest BCUT2D eigenvalue weighted by molar-refractivity contribution is -0.116. The highest BCUT2D eigenvalue weighted by molar-refractivity contribution is 6.31. The first kappa shape index (κ1) is 16.0. The van der Waals surface area contributed by atoms with Crippen molar-refractivity contribution >= 4 is 23.3 Å². The van der Waals surface area contributed by atoms with Crippen LogP contribution in [0.2, 0.25) is 5.02 Å². The minimum Gasteiger partial charge on any atom is -0.454 e. The molecule has 1 aromatic carbocycles. The van der Waals surface area contributed by atoms with Crippen molar-refractivity contribution in [3.8, 4) is 11.5 Å². The number of benzene rings is 1. The van der Waals surface area contributed by atoms with Gasteiger partial charge in [0.15, 0.2) is 11.5 Å². The molecule has 1 atom stereocenters. The third-order valence-electron chi connectivity index (χ3n) is 5.67. The number of carbonyl (C=O) groups excluding carboxylic acids is 1. The highest BCUT2D eigenvalue weighted by Gasteiger charge is 2.36. The average molecular weight is 374 g/mol. The predicted octanol–water partition coefficient (Wildman–Crippen LogP) is 4.16. The van der Waals surface area contributed by atoms with Crippen molar-refractivity contribution in [1.29, 1.82) is 0 Å². The molecular weight excluding hydrogens is 354 g/mol. The van der Waals surface area contributed by atoms with Gasteiger partial charge in [0.1, 0.15) is 5.82 Å². The van der Waals surface area contributed by atoms with Crippen LogP contribution >= 0.6 is 11.6 Å². The standard InChI is InChI=1S/C19H20ClN3O3/c1-10-18-13(12-6-15-16(8-14(12)20)26-9-25-15)7-17(24)21-19(18)23(22-10)11-4-2-3-5-11/h6,8,11,13H,2-5,7,9H2,1H3,(H,21,24). The fraction of sp³-hybridized carbons (Fsp3) is 0.474. The second-order valence-corrected chi connectivity index (χ2v) is 7.67. The van der Waals surface area contributed by atoms with E-state index < -0.39 is 0 Å². The quantitative estimate of drug-likeness (QED) is 0.858. The lowest BCUT2D eigenvalue weighted by Crippen LogP contribution is -2.26. The van der Waals surface area contributed by atoms with E-state index in [0.29, 0.717) is 29.0 Å². The van der Waals surface area contributed by atoms with Crippen molar-refractivity contribution in [3.05, 3.63) is 34.0 Å². The number of carbonyl (C=O) groups is 1. The molecule has 1 unspecified atom stereocenters. The Balaban J connectivity index is 1.63. The second-order valence-electron chi connectivity index (χ2n) is 7.26. The van der Waals surface area contributed by atoms with E-state index >= 15 is 0 Å². The third-order valence-corrected chi connectivity index (χ3v) is 5.99. The topological polar surface area (TPSA) is 65.4 Å². The Hall–Kier alpha value is -2.21. The van der Waals surface area contributed by atoms with Crippen molar-refractivity contribution in [2.75, 3.05) is 12.1 Å². The van der Waals surface area contributed by atoms with Gasteiger partial charge in [-0.1, -0.05) is 24.4 Å². The summed E-state index contributed by atoms with van der Waals surface area (Å²) in [6.45, 7) is 2.21. The van der Waals surface area contributed by atoms with Gasteiger partial charge in [-0.3, -0.25) is 4.79 Å². The summed E-state index contributed by atoms with van der Waals surface area (Å²) in [5.41, 5.74) is 2.91. The third kappa shape index (κ3) is 2.39. The summed E-state index contributed by atoms with van der Waals surface area (Å²) in [5.74, 6) is 2.03. The molecule has 26 heavy (non-hydrogen) atoms. The van der Waals surface area contributed by atoms with E-state index in [1.807, 2.05) is 17.7 Å². The van der Waals surface area contributed by atoms with Crippen LogP contribution in [-0.4, -0.2) is 22.5 Å². The molecule has 3 heterocycles. The minimum absolute atomic E-state index is 0.00428. The Kier molecular flexibility index (Phi) is 3.64. The van der Waals surface area contributed by atoms with Gasteiger partial charge in [-0.25, -0.2) is 4.68 Å². The van der Waals surface area contributed by atoms with Gasteiger partial charge >= 0.3 is 0 Å². The zero-order chi connectivity index (χ0) is 17.8. The van der Waals surface area contributed by atoms with Crippen LogP contribution in [0, 0.1) is 6.92 Å². The van der Waals surface area contributed by atoms with E-state index in [9.17, 15) is 4.79 Å². The smallest absolute Gasteiger partial charge is 0.231 e. The van der Waals surface area contributed by atoms with Crippen LogP contribution in [0.3, 0.4) is 0 Å². The summed E-state index contributed by atoms with van der Waals surface area (Å²) in [5, 5.41) is 8.44. The molecule has 1 amide bonds. The van der Waals surface area contributed by atoms with Gasteiger partial charge in [-0.05, 0) is 31.4 Å². The number of hydrogen-bond acceptors (Lipinski definition) is 4. The first-order valence-electron chi connectivity index (χ1n) is 9.09. The molecule has 2 aromatic rings. The van der Waals surface area contributed by atoms with Gasteiger partial charge in [-0.15, -0.1) is 0 Å². The number of halogens is 1. The molecule has 0 bridgehead atoms. The minimum atomic E-state index is -0.129. The summed E-state index contributed by atoms with van der Waals surface area (Å²) >= 11 is 6.55. The number of rotatable bonds is 2. The monoisotopic (exact) mass is 373 g/mol. The summed E-state index contributed by atoms with van der Waals surface area (Å²) < 4.78 is 12.9. The number of anilines is 1. The molecule has 3 aliphatic rings. The summed E-state index contributed by atoms with van der Waals surface area (Å²) in [6.07, 6.45) is 4.99. The molecule has 1 aromatic heterocycles. The van der Waals surface area contributed by atoms with Crippen molar-refractivity contribution in [3.63, 3.8) is 0 Å². The van der Waals surface area contributed by atoms with Crippen molar-refractivity contribution < 1.29 is 14.3 Å². The predicted molar refractivity (Wildman–Crippen MR) is 97.1 cm³/mol. The lowest BCUT2D eigenvalue weighted by atomic mass is 9.85. The van der Waals surface area contributed by atoms with E-state index in [1.165, 1.54) is 12.8 Å². The maximum Gasteiger partial charge on any atom is 0.231 e. The fourth-order valence-electron chi connectivity index (χ4n) is 4.45. The van der Waals surface area contributed by atoms with Crippen LogP contribution in [0.1, 0.15) is 60.9 Å². The van der Waals surface area contributed by atoms with Crippen molar-refractivity contribution in [2.24, 2.45) is 0 Å².